The summed E-state index contributed by atoms with van der Waals surface area (Å²) in [7, 11) is 1.95. The summed E-state index contributed by atoms with van der Waals surface area (Å²) in [6.07, 6.45) is 3.66. The Morgan fingerprint density at radius 2 is 2.05 bits per heavy atom. The van der Waals surface area contributed by atoms with E-state index in [9.17, 15) is 0 Å². The topological polar surface area (TPSA) is 54.5 Å². The molecule has 5 heteroatoms. The Kier molecular flexibility index (Phi) is 2.86. The Morgan fingerprint density at radius 3 is 2.68 bits per heavy atom. The molecule has 92 valence electrons. The molecule has 0 fully saturated rings. The molecule has 0 saturated heterocycles. The van der Waals surface area contributed by atoms with Gasteiger partial charge in [0, 0.05) is 30.4 Å². The second kappa shape index (κ2) is 4.67. The minimum atomic E-state index is 0.656. The maximum Gasteiger partial charge on any atom is 0.168 e. The third kappa shape index (κ3) is 2.14. The number of aromatic nitrogens is 3. The maximum absolute atomic E-state index is 8.78. The van der Waals surface area contributed by atoms with Gasteiger partial charge < -0.3 is 4.57 Å². The van der Waals surface area contributed by atoms with Crippen LogP contribution in [0.15, 0.2) is 42.0 Å². The Bertz CT molecular complexity index is 746. The van der Waals surface area contributed by atoms with Crippen LogP contribution in [0.2, 0.25) is 0 Å². The number of aryl methyl sites for hydroxylation is 1. The first-order valence-electron chi connectivity index (χ1n) is 5.71. The number of thiazole rings is 1. The van der Waals surface area contributed by atoms with E-state index >= 15 is 0 Å². The lowest BCUT2D eigenvalue weighted by molar-refractivity contribution is 0.923. The quantitative estimate of drug-likeness (QED) is 0.716. The Balaban J connectivity index is 1.97. The summed E-state index contributed by atoms with van der Waals surface area (Å²) in [5.74, 6) is 0.866. The van der Waals surface area contributed by atoms with Gasteiger partial charge in [-0.3, -0.25) is 0 Å². The summed E-state index contributed by atoms with van der Waals surface area (Å²) < 4.78 is 1.95. The van der Waals surface area contributed by atoms with Crippen molar-refractivity contribution in [2.75, 3.05) is 0 Å². The molecule has 0 spiro atoms. The van der Waals surface area contributed by atoms with Crippen molar-refractivity contribution in [1.29, 1.82) is 5.26 Å². The average molecular weight is 266 g/mol. The molecule has 0 saturated carbocycles. The fraction of sp³-hybridized carbons (Fsp3) is 0.0714. The van der Waals surface area contributed by atoms with Crippen LogP contribution in [0.5, 0.6) is 0 Å². The standard InChI is InChI=1S/C14H10N4S/c1-18-7-6-16-13(18)14-17-12(9-19-14)11-4-2-10(8-15)3-5-11/h2-7,9H,1H3. The fourth-order valence-corrected chi connectivity index (χ4v) is 2.66. The summed E-state index contributed by atoms with van der Waals surface area (Å²) in [5, 5.41) is 11.7. The van der Waals surface area contributed by atoms with E-state index < -0.39 is 0 Å². The predicted octanol–water partition coefficient (Wildman–Crippen LogP) is 3.08. The second-order valence-electron chi connectivity index (χ2n) is 4.09. The monoisotopic (exact) mass is 266 g/mol. The molecule has 3 rings (SSSR count). The number of benzene rings is 1. The van der Waals surface area contributed by atoms with Crippen LogP contribution in [-0.2, 0) is 7.05 Å². The number of rotatable bonds is 2. The summed E-state index contributed by atoms with van der Waals surface area (Å²) in [6.45, 7) is 0. The molecule has 4 nitrogen and oxygen atoms in total. The third-order valence-electron chi connectivity index (χ3n) is 2.83. The highest BCUT2D eigenvalue weighted by Crippen LogP contribution is 2.27. The molecule has 0 aliphatic heterocycles. The zero-order valence-corrected chi connectivity index (χ0v) is 11.1. The SMILES string of the molecule is Cn1ccnc1-c1nc(-c2ccc(C#N)cc2)cs1. The maximum atomic E-state index is 8.78. The van der Waals surface area contributed by atoms with Crippen LogP contribution in [-0.4, -0.2) is 14.5 Å². The van der Waals surface area contributed by atoms with Crippen LogP contribution in [0.4, 0.5) is 0 Å². The molecule has 1 aromatic carbocycles. The van der Waals surface area contributed by atoms with Crippen LogP contribution >= 0.6 is 11.3 Å². The van der Waals surface area contributed by atoms with Crippen LogP contribution in [0.1, 0.15) is 5.56 Å². The van der Waals surface area contributed by atoms with Gasteiger partial charge in [0.2, 0.25) is 0 Å². The molecule has 2 aromatic heterocycles. The van der Waals surface area contributed by atoms with Crippen molar-refractivity contribution in [3.63, 3.8) is 0 Å². The lowest BCUT2D eigenvalue weighted by Crippen LogP contribution is -1.90. The predicted molar refractivity (Wildman–Crippen MR) is 74.5 cm³/mol. The third-order valence-corrected chi connectivity index (χ3v) is 3.66. The van der Waals surface area contributed by atoms with E-state index in [0.29, 0.717) is 5.56 Å². The summed E-state index contributed by atoms with van der Waals surface area (Å²) in [4.78, 5) is 8.88. The number of hydrogen-bond acceptors (Lipinski definition) is 4. The van der Waals surface area contributed by atoms with E-state index in [0.717, 1.165) is 22.1 Å². The molecule has 0 radical (unpaired) electrons. The molecule has 0 amide bonds. The Labute approximate surface area is 114 Å². The van der Waals surface area contributed by atoms with E-state index in [1.54, 1.807) is 29.7 Å². The van der Waals surface area contributed by atoms with Gasteiger partial charge in [0.25, 0.3) is 0 Å². The number of nitriles is 1. The van der Waals surface area contributed by atoms with Gasteiger partial charge in [-0.1, -0.05) is 12.1 Å². The van der Waals surface area contributed by atoms with Crippen molar-refractivity contribution in [3.8, 4) is 28.2 Å². The average Bonchev–Trinajstić information content (AvgIpc) is 3.07. The smallest absolute Gasteiger partial charge is 0.168 e. The molecular weight excluding hydrogens is 256 g/mol. The first kappa shape index (κ1) is 11.6. The van der Waals surface area contributed by atoms with Gasteiger partial charge in [-0.25, -0.2) is 9.97 Å². The number of imidazole rings is 1. The first-order valence-corrected chi connectivity index (χ1v) is 6.59. The van der Waals surface area contributed by atoms with E-state index in [-0.39, 0.29) is 0 Å². The molecule has 0 atom stereocenters. The Morgan fingerprint density at radius 1 is 1.26 bits per heavy atom. The van der Waals surface area contributed by atoms with E-state index in [1.165, 1.54) is 0 Å². The summed E-state index contributed by atoms with van der Waals surface area (Å²) >= 11 is 1.57. The van der Waals surface area contributed by atoms with Gasteiger partial charge in [0.15, 0.2) is 10.8 Å². The van der Waals surface area contributed by atoms with Crippen molar-refractivity contribution in [1.82, 2.24) is 14.5 Å². The molecule has 0 aliphatic rings. The Hall–Kier alpha value is -2.45. The highest BCUT2D eigenvalue weighted by molar-refractivity contribution is 7.13. The van der Waals surface area contributed by atoms with Gasteiger partial charge in [0.1, 0.15) is 0 Å². The lowest BCUT2D eigenvalue weighted by atomic mass is 10.1. The zero-order chi connectivity index (χ0) is 13.2. The van der Waals surface area contributed by atoms with Gasteiger partial charge in [0.05, 0.1) is 17.3 Å². The van der Waals surface area contributed by atoms with Crippen LogP contribution in [0.25, 0.3) is 22.1 Å². The zero-order valence-electron chi connectivity index (χ0n) is 10.2. The van der Waals surface area contributed by atoms with Crippen LogP contribution < -0.4 is 0 Å². The largest absolute Gasteiger partial charge is 0.332 e. The number of nitrogens with zero attached hydrogens (tertiary/aromatic N) is 4. The molecule has 19 heavy (non-hydrogen) atoms. The van der Waals surface area contributed by atoms with Gasteiger partial charge >= 0.3 is 0 Å². The van der Waals surface area contributed by atoms with Crippen molar-refractivity contribution >= 4 is 11.3 Å². The molecular formula is C14H10N4S. The fourth-order valence-electron chi connectivity index (χ4n) is 1.80. The van der Waals surface area contributed by atoms with Crippen LogP contribution in [0.3, 0.4) is 0 Å². The normalized spacial score (nSPS) is 10.3. The van der Waals surface area contributed by atoms with E-state index in [1.807, 2.05) is 35.3 Å². The van der Waals surface area contributed by atoms with Crippen LogP contribution in [0, 0.1) is 11.3 Å². The summed E-state index contributed by atoms with van der Waals surface area (Å²) in [5.41, 5.74) is 2.58. The van der Waals surface area contributed by atoms with Crippen molar-refractivity contribution in [2.45, 2.75) is 0 Å². The van der Waals surface area contributed by atoms with Crippen molar-refractivity contribution < 1.29 is 0 Å². The minimum absolute atomic E-state index is 0.656. The second-order valence-corrected chi connectivity index (χ2v) is 4.95. The molecule has 0 unspecified atom stereocenters. The van der Waals surface area contributed by atoms with E-state index in [4.69, 9.17) is 5.26 Å². The first-order chi connectivity index (χ1) is 9.28. The number of hydrogen-bond donors (Lipinski definition) is 0. The molecule has 2 heterocycles. The summed E-state index contributed by atoms with van der Waals surface area (Å²) in [6, 6.07) is 9.54. The minimum Gasteiger partial charge on any atom is -0.332 e. The molecule has 0 bridgehead atoms. The molecule has 0 aliphatic carbocycles. The van der Waals surface area contributed by atoms with Gasteiger partial charge in [-0.05, 0) is 12.1 Å². The lowest BCUT2D eigenvalue weighted by Gasteiger charge is -1.97. The van der Waals surface area contributed by atoms with Gasteiger partial charge in [-0.15, -0.1) is 11.3 Å². The highest BCUT2D eigenvalue weighted by Gasteiger charge is 2.10. The van der Waals surface area contributed by atoms with Crippen molar-refractivity contribution in [2.24, 2.45) is 7.05 Å². The molecule has 0 N–H and O–H groups in total. The van der Waals surface area contributed by atoms with Gasteiger partial charge in [-0.2, -0.15) is 5.26 Å². The van der Waals surface area contributed by atoms with E-state index in [2.05, 4.69) is 16.0 Å². The highest BCUT2D eigenvalue weighted by atomic mass is 32.1. The van der Waals surface area contributed by atoms with Crippen molar-refractivity contribution in [3.05, 3.63) is 47.6 Å². The molecule has 3 aromatic rings.